The number of allylic oxidation sites excluding steroid dienone is 2. The fraction of sp³-hybridized carbons (Fsp3) is 0.474. The summed E-state index contributed by atoms with van der Waals surface area (Å²) >= 11 is 0. The lowest BCUT2D eigenvalue weighted by Crippen LogP contribution is -2.39. The molecule has 2 aliphatic rings. The van der Waals surface area contributed by atoms with E-state index in [1.54, 1.807) is 0 Å². The zero-order valence-electron chi connectivity index (χ0n) is 14.0. The van der Waals surface area contributed by atoms with Crippen LogP contribution in [0.2, 0.25) is 0 Å². The van der Waals surface area contributed by atoms with Crippen molar-refractivity contribution in [1.82, 2.24) is 4.90 Å². The first-order valence-electron chi connectivity index (χ1n) is 8.62. The van der Waals surface area contributed by atoms with E-state index in [-0.39, 0.29) is 11.7 Å². The number of benzene rings is 1. The van der Waals surface area contributed by atoms with Gasteiger partial charge in [0, 0.05) is 24.7 Å². The Balaban J connectivity index is 1.73. The lowest BCUT2D eigenvalue weighted by Gasteiger charge is -2.39. The number of nitrogens with zero attached hydrogens (tertiary/aromatic N) is 1. The molecule has 24 heavy (non-hydrogen) atoms. The van der Waals surface area contributed by atoms with E-state index < -0.39 is 9.84 Å². The Kier molecular flexibility index (Phi) is 5.29. The van der Waals surface area contributed by atoms with E-state index >= 15 is 0 Å². The first kappa shape index (κ1) is 17.1. The first-order chi connectivity index (χ1) is 11.6. The standard InChI is InChI=1S/C19H25NO3S/c1-2-3-4-13-23-17-9-7-16(8-10-17)18-6-5-11-20-12-14-24(21,22)15-19(18)20/h2,7-10,15,18H,1,3-6,11-14H2. The van der Waals surface area contributed by atoms with E-state index in [4.69, 9.17) is 4.74 Å². The van der Waals surface area contributed by atoms with Crippen LogP contribution >= 0.6 is 0 Å². The zero-order valence-corrected chi connectivity index (χ0v) is 14.8. The molecule has 0 bridgehead atoms. The Hall–Kier alpha value is -1.75. The molecule has 0 saturated carbocycles. The van der Waals surface area contributed by atoms with Crippen LogP contribution in [0.1, 0.15) is 37.2 Å². The van der Waals surface area contributed by atoms with Gasteiger partial charge >= 0.3 is 0 Å². The molecule has 0 spiro atoms. The van der Waals surface area contributed by atoms with Gasteiger partial charge < -0.3 is 9.64 Å². The molecule has 0 N–H and O–H groups in total. The molecule has 1 fully saturated rings. The molecule has 2 aliphatic heterocycles. The molecule has 0 aromatic heterocycles. The molecule has 2 heterocycles. The van der Waals surface area contributed by atoms with E-state index in [9.17, 15) is 8.42 Å². The Morgan fingerprint density at radius 2 is 2.04 bits per heavy atom. The van der Waals surface area contributed by atoms with Crippen molar-refractivity contribution in [2.45, 2.75) is 31.6 Å². The highest BCUT2D eigenvalue weighted by Crippen LogP contribution is 2.38. The Morgan fingerprint density at radius 3 is 2.79 bits per heavy atom. The minimum atomic E-state index is -3.06. The van der Waals surface area contributed by atoms with Crippen LogP contribution in [0.15, 0.2) is 48.0 Å². The van der Waals surface area contributed by atoms with E-state index in [1.807, 2.05) is 18.2 Å². The molecule has 1 aromatic carbocycles. The van der Waals surface area contributed by atoms with Crippen LogP contribution in [-0.2, 0) is 9.84 Å². The first-order valence-corrected chi connectivity index (χ1v) is 10.3. The fourth-order valence-electron chi connectivity index (χ4n) is 3.41. The Morgan fingerprint density at radius 1 is 1.25 bits per heavy atom. The molecule has 0 aliphatic carbocycles. The van der Waals surface area contributed by atoms with Gasteiger partial charge in [-0.2, -0.15) is 0 Å². The van der Waals surface area contributed by atoms with Crippen molar-refractivity contribution >= 4 is 9.84 Å². The van der Waals surface area contributed by atoms with Crippen molar-refractivity contribution in [2.75, 3.05) is 25.4 Å². The maximum absolute atomic E-state index is 12.0. The molecule has 3 rings (SSSR count). The maximum Gasteiger partial charge on any atom is 0.175 e. The molecular formula is C19H25NO3S. The quantitative estimate of drug-likeness (QED) is 0.584. The molecule has 4 nitrogen and oxygen atoms in total. The topological polar surface area (TPSA) is 46.6 Å². The van der Waals surface area contributed by atoms with Gasteiger partial charge in [0.05, 0.1) is 17.8 Å². The van der Waals surface area contributed by atoms with Gasteiger partial charge in [-0.15, -0.1) is 6.58 Å². The van der Waals surface area contributed by atoms with E-state index in [0.29, 0.717) is 13.2 Å². The summed E-state index contributed by atoms with van der Waals surface area (Å²) in [5, 5.41) is 1.50. The Labute approximate surface area is 144 Å². The highest BCUT2D eigenvalue weighted by atomic mass is 32.2. The van der Waals surface area contributed by atoms with E-state index in [1.165, 1.54) is 11.0 Å². The van der Waals surface area contributed by atoms with Gasteiger partial charge in [-0.25, -0.2) is 8.42 Å². The molecule has 1 atom stereocenters. The summed E-state index contributed by atoms with van der Waals surface area (Å²) in [5.74, 6) is 1.27. The number of rotatable bonds is 6. The van der Waals surface area contributed by atoms with Gasteiger partial charge in [0.1, 0.15) is 5.75 Å². The molecule has 5 heteroatoms. The van der Waals surface area contributed by atoms with Gasteiger partial charge in [0.2, 0.25) is 0 Å². The van der Waals surface area contributed by atoms with Crippen molar-refractivity contribution in [1.29, 1.82) is 0 Å². The summed E-state index contributed by atoms with van der Waals surface area (Å²) in [5.41, 5.74) is 2.13. The third-order valence-electron chi connectivity index (χ3n) is 4.69. The smallest absolute Gasteiger partial charge is 0.175 e. The normalized spacial score (nSPS) is 22.4. The highest BCUT2D eigenvalue weighted by molar-refractivity contribution is 7.94. The second-order valence-electron chi connectivity index (χ2n) is 6.44. The zero-order chi connectivity index (χ0) is 17.0. The predicted octanol–water partition coefficient (Wildman–Crippen LogP) is 3.48. The van der Waals surface area contributed by atoms with Crippen molar-refractivity contribution in [3.8, 4) is 5.75 Å². The SMILES string of the molecule is C=CCCCOc1ccc(C2CCCN3CCS(=O)(=O)C=C23)cc1. The third kappa shape index (κ3) is 4.01. The second-order valence-corrected chi connectivity index (χ2v) is 8.41. The molecule has 1 aromatic rings. The minimum Gasteiger partial charge on any atom is -0.494 e. The van der Waals surface area contributed by atoms with Crippen LogP contribution in [0.3, 0.4) is 0 Å². The van der Waals surface area contributed by atoms with Gasteiger partial charge in [0.25, 0.3) is 0 Å². The van der Waals surface area contributed by atoms with Gasteiger partial charge in [-0.3, -0.25) is 0 Å². The van der Waals surface area contributed by atoms with Crippen molar-refractivity contribution in [3.63, 3.8) is 0 Å². The lowest BCUT2D eigenvalue weighted by atomic mass is 9.88. The minimum absolute atomic E-state index is 0.170. The van der Waals surface area contributed by atoms with Crippen LogP contribution in [-0.4, -0.2) is 38.8 Å². The van der Waals surface area contributed by atoms with Gasteiger partial charge in [-0.1, -0.05) is 18.2 Å². The third-order valence-corrected chi connectivity index (χ3v) is 6.05. The van der Waals surface area contributed by atoms with Crippen LogP contribution < -0.4 is 4.74 Å². The molecular weight excluding hydrogens is 322 g/mol. The number of piperidine rings is 1. The van der Waals surface area contributed by atoms with Gasteiger partial charge in [0.15, 0.2) is 9.84 Å². The fourth-order valence-corrected chi connectivity index (χ4v) is 4.69. The van der Waals surface area contributed by atoms with E-state index in [0.717, 1.165) is 43.7 Å². The summed E-state index contributed by atoms with van der Waals surface area (Å²) in [6, 6.07) is 8.11. The van der Waals surface area contributed by atoms with Crippen molar-refractivity contribution in [3.05, 3.63) is 53.6 Å². The Bertz CT molecular complexity index is 707. The number of ether oxygens (including phenoxy) is 1. The van der Waals surface area contributed by atoms with Crippen LogP contribution in [0.5, 0.6) is 5.75 Å². The predicted molar refractivity (Wildman–Crippen MR) is 96.8 cm³/mol. The summed E-state index contributed by atoms with van der Waals surface area (Å²) in [4.78, 5) is 2.23. The summed E-state index contributed by atoms with van der Waals surface area (Å²) in [6.07, 6.45) is 5.92. The maximum atomic E-state index is 12.0. The molecule has 0 amide bonds. The second kappa shape index (κ2) is 7.43. The molecule has 0 radical (unpaired) electrons. The number of fused-ring (bicyclic) bond motifs is 1. The molecule has 1 saturated heterocycles. The van der Waals surface area contributed by atoms with E-state index in [2.05, 4.69) is 23.6 Å². The lowest BCUT2D eigenvalue weighted by molar-refractivity contribution is 0.281. The van der Waals surface area contributed by atoms with Crippen molar-refractivity contribution in [2.24, 2.45) is 0 Å². The average molecular weight is 347 g/mol. The number of hydrogen-bond acceptors (Lipinski definition) is 4. The van der Waals surface area contributed by atoms with Crippen molar-refractivity contribution < 1.29 is 13.2 Å². The monoisotopic (exact) mass is 347 g/mol. The number of unbranched alkanes of at least 4 members (excludes halogenated alkanes) is 1. The largest absolute Gasteiger partial charge is 0.494 e. The average Bonchev–Trinajstić information content (AvgIpc) is 2.58. The summed E-state index contributed by atoms with van der Waals surface area (Å²) in [6.45, 7) is 5.97. The van der Waals surface area contributed by atoms with Crippen LogP contribution in [0.4, 0.5) is 0 Å². The van der Waals surface area contributed by atoms with Gasteiger partial charge in [-0.05, 0) is 43.4 Å². The van der Waals surface area contributed by atoms with Crippen LogP contribution in [0, 0.1) is 0 Å². The highest BCUT2D eigenvalue weighted by Gasteiger charge is 2.31. The summed E-state index contributed by atoms with van der Waals surface area (Å²) in [7, 11) is -3.06. The molecule has 130 valence electrons. The number of sulfone groups is 1. The summed E-state index contributed by atoms with van der Waals surface area (Å²) < 4.78 is 29.7. The molecule has 1 unspecified atom stereocenters. The number of hydrogen-bond donors (Lipinski definition) is 0. The van der Waals surface area contributed by atoms with Crippen LogP contribution in [0.25, 0.3) is 0 Å².